The molecule has 2 aromatic rings. The van der Waals surface area contributed by atoms with Crippen LogP contribution in [0, 0.1) is 5.82 Å². The fourth-order valence-corrected chi connectivity index (χ4v) is 2.49. The standard InChI is InChI=1S/C11H12FN3O2S/c1-6(16)7-4-3-5-8(12)9(7)18-11-14-13-10(17)15(11)2/h3-6,16H,1-2H3,(H,13,17)/t6-/m1/s1. The number of rotatable bonds is 3. The summed E-state index contributed by atoms with van der Waals surface area (Å²) in [5.41, 5.74) is 0.0999. The van der Waals surface area contributed by atoms with Gasteiger partial charge in [0, 0.05) is 7.05 Å². The van der Waals surface area contributed by atoms with Crippen molar-refractivity contribution < 1.29 is 9.50 Å². The molecule has 96 valence electrons. The predicted molar refractivity (Wildman–Crippen MR) is 65.0 cm³/mol. The van der Waals surface area contributed by atoms with E-state index in [1.807, 2.05) is 0 Å². The minimum Gasteiger partial charge on any atom is -0.389 e. The van der Waals surface area contributed by atoms with Gasteiger partial charge in [-0.3, -0.25) is 4.57 Å². The Labute approximate surface area is 107 Å². The average molecular weight is 269 g/mol. The van der Waals surface area contributed by atoms with E-state index >= 15 is 0 Å². The van der Waals surface area contributed by atoms with Crippen LogP contribution in [0.15, 0.2) is 33.0 Å². The van der Waals surface area contributed by atoms with Crippen molar-refractivity contribution >= 4 is 11.8 Å². The lowest BCUT2D eigenvalue weighted by Crippen LogP contribution is -2.13. The van der Waals surface area contributed by atoms with Gasteiger partial charge in [-0.25, -0.2) is 14.3 Å². The molecule has 18 heavy (non-hydrogen) atoms. The van der Waals surface area contributed by atoms with Crippen LogP contribution < -0.4 is 5.69 Å². The molecule has 0 saturated carbocycles. The van der Waals surface area contributed by atoms with Crippen LogP contribution in [0.1, 0.15) is 18.6 Å². The molecule has 7 heteroatoms. The van der Waals surface area contributed by atoms with Gasteiger partial charge in [-0.1, -0.05) is 12.1 Å². The normalized spacial score (nSPS) is 12.7. The van der Waals surface area contributed by atoms with Crippen molar-refractivity contribution in [3.63, 3.8) is 0 Å². The van der Waals surface area contributed by atoms with Crippen LogP contribution >= 0.6 is 11.8 Å². The van der Waals surface area contributed by atoms with Gasteiger partial charge in [0.1, 0.15) is 5.82 Å². The highest BCUT2D eigenvalue weighted by molar-refractivity contribution is 7.99. The molecule has 2 N–H and O–H groups in total. The summed E-state index contributed by atoms with van der Waals surface area (Å²) < 4.78 is 15.1. The van der Waals surface area contributed by atoms with E-state index in [2.05, 4.69) is 10.2 Å². The summed E-state index contributed by atoms with van der Waals surface area (Å²) in [4.78, 5) is 11.5. The van der Waals surface area contributed by atoms with Crippen molar-refractivity contribution in [3.8, 4) is 0 Å². The Morgan fingerprint density at radius 2 is 2.28 bits per heavy atom. The lowest BCUT2D eigenvalue weighted by Gasteiger charge is -2.11. The highest BCUT2D eigenvalue weighted by atomic mass is 32.2. The van der Waals surface area contributed by atoms with Crippen LogP contribution in [0.25, 0.3) is 0 Å². The zero-order valence-corrected chi connectivity index (χ0v) is 10.7. The fourth-order valence-electron chi connectivity index (χ4n) is 1.48. The third-order valence-corrected chi connectivity index (χ3v) is 3.66. The van der Waals surface area contributed by atoms with E-state index in [9.17, 15) is 14.3 Å². The molecule has 1 aromatic carbocycles. The van der Waals surface area contributed by atoms with Crippen molar-refractivity contribution in [1.82, 2.24) is 14.8 Å². The summed E-state index contributed by atoms with van der Waals surface area (Å²) in [6.45, 7) is 1.56. The average Bonchev–Trinajstić information content (AvgIpc) is 2.63. The Hall–Kier alpha value is -1.60. The summed E-state index contributed by atoms with van der Waals surface area (Å²) in [5, 5.41) is 16.0. The van der Waals surface area contributed by atoms with Gasteiger partial charge in [0.2, 0.25) is 0 Å². The molecule has 2 rings (SSSR count). The first-order valence-electron chi connectivity index (χ1n) is 5.26. The Kier molecular flexibility index (Phi) is 3.53. The number of aromatic nitrogens is 3. The van der Waals surface area contributed by atoms with E-state index in [-0.39, 0.29) is 10.6 Å². The zero-order chi connectivity index (χ0) is 13.3. The van der Waals surface area contributed by atoms with Crippen LogP contribution in [0.2, 0.25) is 0 Å². The van der Waals surface area contributed by atoms with Gasteiger partial charge in [-0.2, -0.15) is 0 Å². The number of halogens is 1. The summed E-state index contributed by atoms with van der Waals surface area (Å²) in [6.07, 6.45) is -0.792. The maximum atomic E-state index is 13.8. The fraction of sp³-hybridized carbons (Fsp3) is 0.273. The van der Waals surface area contributed by atoms with Gasteiger partial charge in [0.25, 0.3) is 0 Å². The Morgan fingerprint density at radius 3 is 2.83 bits per heavy atom. The quantitative estimate of drug-likeness (QED) is 0.884. The number of nitrogens with one attached hydrogen (secondary N) is 1. The number of aromatic amines is 1. The summed E-state index contributed by atoms with van der Waals surface area (Å²) >= 11 is 1.00. The van der Waals surface area contributed by atoms with E-state index in [1.54, 1.807) is 13.0 Å². The van der Waals surface area contributed by atoms with Crippen LogP contribution in [0.3, 0.4) is 0 Å². The molecule has 0 radical (unpaired) electrons. The van der Waals surface area contributed by atoms with Crippen molar-refractivity contribution in [2.45, 2.75) is 23.1 Å². The van der Waals surface area contributed by atoms with Gasteiger partial charge in [0.05, 0.1) is 11.0 Å². The van der Waals surface area contributed by atoms with Gasteiger partial charge >= 0.3 is 5.69 Å². The molecule has 0 fully saturated rings. The number of aliphatic hydroxyl groups is 1. The molecule has 0 unspecified atom stereocenters. The molecule has 0 spiro atoms. The summed E-state index contributed by atoms with van der Waals surface area (Å²) in [7, 11) is 1.54. The maximum absolute atomic E-state index is 13.8. The summed E-state index contributed by atoms with van der Waals surface area (Å²) in [6, 6.07) is 4.48. The van der Waals surface area contributed by atoms with Gasteiger partial charge < -0.3 is 5.11 Å². The van der Waals surface area contributed by atoms with Crippen LogP contribution in [0.5, 0.6) is 0 Å². The van der Waals surface area contributed by atoms with E-state index < -0.39 is 11.9 Å². The molecule has 5 nitrogen and oxygen atoms in total. The van der Waals surface area contributed by atoms with Gasteiger partial charge in [-0.05, 0) is 30.3 Å². The van der Waals surface area contributed by atoms with Crippen molar-refractivity contribution in [2.75, 3.05) is 0 Å². The SMILES string of the molecule is C[C@@H](O)c1cccc(F)c1Sc1n[nH]c(=O)n1C. The van der Waals surface area contributed by atoms with E-state index in [1.165, 1.54) is 23.7 Å². The monoisotopic (exact) mass is 269 g/mol. The van der Waals surface area contributed by atoms with Crippen LogP contribution in [-0.4, -0.2) is 19.9 Å². The predicted octanol–water partition coefficient (Wildman–Crippen LogP) is 1.45. The van der Waals surface area contributed by atoms with E-state index in [0.29, 0.717) is 10.7 Å². The number of H-pyrrole nitrogens is 1. The van der Waals surface area contributed by atoms with Crippen molar-refractivity contribution in [1.29, 1.82) is 0 Å². The number of nitrogens with zero attached hydrogens (tertiary/aromatic N) is 2. The Morgan fingerprint density at radius 1 is 1.56 bits per heavy atom. The molecular weight excluding hydrogens is 257 g/mol. The second-order valence-corrected chi connectivity index (χ2v) is 4.78. The Bertz CT molecular complexity index is 621. The molecular formula is C11H12FN3O2S. The first-order valence-corrected chi connectivity index (χ1v) is 6.08. The minimum absolute atomic E-state index is 0.273. The second kappa shape index (κ2) is 4.95. The largest absolute Gasteiger partial charge is 0.389 e. The van der Waals surface area contributed by atoms with Crippen LogP contribution in [0.4, 0.5) is 4.39 Å². The Balaban J connectivity index is 2.46. The molecule has 0 aliphatic rings. The highest BCUT2D eigenvalue weighted by Crippen LogP contribution is 2.33. The molecule has 1 atom stereocenters. The second-order valence-electron chi connectivity index (χ2n) is 3.81. The molecule has 0 amide bonds. The zero-order valence-electron chi connectivity index (χ0n) is 9.85. The lowest BCUT2D eigenvalue weighted by atomic mass is 10.1. The molecule has 1 heterocycles. The minimum atomic E-state index is -0.792. The van der Waals surface area contributed by atoms with Gasteiger partial charge in [-0.15, -0.1) is 5.10 Å². The molecule has 0 saturated heterocycles. The third kappa shape index (κ3) is 2.32. The molecule has 0 bridgehead atoms. The molecule has 0 aliphatic carbocycles. The third-order valence-electron chi connectivity index (χ3n) is 2.48. The number of aliphatic hydroxyl groups excluding tert-OH is 1. The molecule has 0 aliphatic heterocycles. The van der Waals surface area contributed by atoms with E-state index in [4.69, 9.17) is 0 Å². The first kappa shape index (κ1) is 12.8. The lowest BCUT2D eigenvalue weighted by molar-refractivity contribution is 0.195. The molecule has 1 aromatic heterocycles. The van der Waals surface area contributed by atoms with E-state index in [0.717, 1.165) is 11.8 Å². The number of hydrogen-bond acceptors (Lipinski definition) is 4. The first-order chi connectivity index (χ1) is 8.50. The number of hydrogen-bond donors (Lipinski definition) is 2. The summed E-state index contributed by atoms with van der Waals surface area (Å²) in [5.74, 6) is -0.450. The van der Waals surface area contributed by atoms with Gasteiger partial charge in [0.15, 0.2) is 5.16 Å². The highest BCUT2D eigenvalue weighted by Gasteiger charge is 2.16. The van der Waals surface area contributed by atoms with Crippen molar-refractivity contribution in [2.24, 2.45) is 7.05 Å². The maximum Gasteiger partial charge on any atom is 0.343 e. The number of benzene rings is 1. The van der Waals surface area contributed by atoms with Crippen LogP contribution in [-0.2, 0) is 7.05 Å². The van der Waals surface area contributed by atoms with Crippen molar-refractivity contribution in [3.05, 3.63) is 40.1 Å². The smallest absolute Gasteiger partial charge is 0.343 e. The topological polar surface area (TPSA) is 70.9 Å².